The van der Waals surface area contributed by atoms with E-state index in [1.807, 2.05) is 60.5 Å². The Morgan fingerprint density at radius 3 is 2.54 bits per heavy atom. The number of nitrogens with zero attached hydrogens (tertiary/aromatic N) is 2. The Kier molecular flexibility index (Phi) is 6.02. The van der Waals surface area contributed by atoms with Gasteiger partial charge in [0.2, 0.25) is 5.91 Å². The molecule has 5 nitrogen and oxygen atoms in total. The van der Waals surface area contributed by atoms with E-state index in [-0.39, 0.29) is 5.91 Å². The van der Waals surface area contributed by atoms with E-state index in [0.717, 1.165) is 27.9 Å². The molecule has 1 aliphatic rings. The molecule has 1 amide bonds. The van der Waals surface area contributed by atoms with Crippen molar-refractivity contribution >= 4 is 17.8 Å². The minimum absolute atomic E-state index is 0.161. The highest BCUT2D eigenvalue weighted by Crippen LogP contribution is 2.14. The van der Waals surface area contributed by atoms with Gasteiger partial charge in [0.15, 0.2) is 0 Å². The van der Waals surface area contributed by atoms with Gasteiger partial charge in [0.05, 0.1) is 26.2 Å². The van der Waals surface area contributed by atoms with Crippen molar-refractivity contribution in [3.05, 3.63) is 64.7 Å². The average Bonchev–Trinajstić information content (AvgIpc) is 2.66. The van der Waals surface area contributed by atoms with E-state index in [1.165, 1.54) is 0 Å². The maximum atomic E-state index is 12.3. The van der Waals surface area contributed by atoms with Crippen LogP contribution in [0.1, 0.15) is 22.3 Å². The van der Waals surface area contributed by atoms with Crippen LogP contribution in [0.4, 0.5) is 5.69 Å². The van der Waals surface area contributed by atoms with Crippen molar-refractivity contribution in [2.45, 2.75) is 19.9 Å². The smallest absolute Gasteiger partial charge is 0.227 e. The first kappa shape index (κ1) is 18.1. The average molecular weight is 351 g/mol. The van der Waals surface area contributed by atoms with Gasteiger partial charge in [-0.05, 0) is 29.7 Å². The number of nitrogen functional groups attached to an aromatic ring is 1. The number of benzene rings is 2. The van der Waals surface area contributed by atoms with Crippen LogP contribution in [0.25, 0.3) is 0 Å². The van der Waals surface area contributed by atoms with Crippen LogP contribution in [0.3, 0.4) is 0 Å². The molecule has 2 aromatic carbocycles. The van der Waals surface area contributed by atoms with Crippen molar-refractivity contribution < 1.29 is 9.53 Å². The number of aliphatic imine (C=N–C) groups is 1. The first-order chi connectivity index (χ1) is 12.6. The Morgan fingerprint density at radius 1 is 1.15 bits per heavy atom. The third kappa shape index (κ3) is 4.70. The van der Waals surface area contributed by atoms with Crippen LogP contribution < -0.4 is 5.73 Å². The molecule has 0 aromatic heterocycles. The molecular formula is C21H25N3O2. The standard InChI is InChI=1S/C21H25N3O2/c1-16-3-2-4-20(22)19(16)15-23-14-18-7-5-17(6-8-18)13-21(25)24-9-11-26-12-10-24/h2-8,15H,9-14,22H2,1H3. The Morgan fingerprint density at radius 2 is 1.85 bits per heavy atom. The predicted octanol–water partition coefficient (Wildman–Crippen LogP) is 2.60. The number of ether oxygens (including phenoxy) is 1. The minimum Gasteiger partial charge on any atom is -0.398 e. The Bertz CT molecular complexity index is 758. The number of carbonyl (C=O) groups excluding carboxylic acids is 1. The van der Waals surface area contributed by atoms with Crippen molar-refractivity contribution in [1.82, 2.24) is 4.90 Å². The maximum absolute atomic E-state index is 12.3. The largest absolute Gasteiger partial charge is 0.398 e. The summed E-state index contributed by atoms with van der Waals surface area (Å²) in [5.41, 5.74) is 11.0. The molecule has 0 bridgehead atoms. The first-order valence-corrected chi connectivity index (χ1v) is 8.92. The number of rotatable bonds is 5. The zero-order valence-corrected chi connectivity index (χ0v) is 15.1. The van der Waals surface area contributed by atoms with Crippen molar-refractivity contribution in [1.29, 1.82) is 0 Å². The summed E-state index contributed by atoms with van der Waals surface area (Å²) < 4.78 is 5.28. The van der Waals surface area contributed by atoms with Crippen LogP contribution in [0.5, 0.6) is 0 Å². The molecule has 0 saturated carbocycles. The van der Waals surface area contributed by atoms with E-state index in [0.29, 0.717) is 39.3 Å². The van der Waals surface area contributed by atoms with Crippen LogP contribution >= 0.6 is 0 Å². The lowest BCUT2D eigenvalue weighted by molar-refractivity contribution is -0.134. The number of aryl methyl sites for hydroxylation is 1. The second-order valence-electron chi connectivity index (χ2n) is 6.53. The van der Waals surface area contributed by atoms with E-state index in [2.05, 4.69) is 4.99 Å². The van der Waals surface area contributed by atoms with E-state index in [9.17, 15) is 4.79 Å². The number of hydrogen-bond acceptors (Lipinski definition) is 4. The van der Waals surface area contributed by atoms with Gasteiger partial charge in [-0.25, -0.2) is 0 Å². The van der Waals surface area contributed by atoms with Crippen molar-refractivity contribution in [3.8, 4) is 0 Å². The molecule has 2 N–H and O–H groups in total. The molecule has 1 heterocycles. The molecule has 0 unspecified atom stereocenters. The Hall–Kier alpha value is -2.66. The highest BCUT2D eigenvalue weighted by atomic mass is 16.5. The molecule has 2 aromatic rings. The van der Waals surface area contributed by atoms with Crippen molar-refractivity contribution in [2.24, 2.45) is 4.99 Å². The van der Waals surface area contributed by atoms with Gasteiger partial charge in [0, 0.05) is 30.6 Å². The van der Waals surface area contributed by atoms with Gasteiger partial charge in [-0.1, -0.05) is 36.4 Å². The summed E-state index contributed by atoms with van der Waals surface area (Å²) in [5.74, 6) is 0.161. The third-order valence-corrected chi connectivity index (χ3v) is 4.59. The lowest BCUT2D eigenvalue weighted by Crippen LogP contribution is -2.41. The Balaban J connectivity index is 1.56. The molecule has 0 spiro atoms. The molecule has 0 atom stereocenters. The second-order valence-corrected chi connectivity index (χ2v) is 6.53. The van der Waals surface area contributed by atoms with Gasteiger partial charge in [0.1, 0.15) is 0 Å². The summed E-state index contributed by atoms with van der Waals surface area (Å²) in [7, 11) is 0. The molecule has 26 heavy (non-hydrogen) atoms. The molecule has 5 heteroatoms. The molecule has 3 rings (SSSR count). The van der Waals surface area contributed by atoms with Crippen LogP contribution in [0.15, 0.2) is 47.5 Å². The van der Waals surface area contributed by atoms with Crippen molar-refractivity contribution in [3.63, 3.8) is 0 Å². The van der Waals surface area contributed by atoms with Gasteiger partial charge in [-0.2, -0.15) is 0 Å². The van der Waals surface area contributed by atoms with E-state index in [4.69, 9.17) is 10.5 Å². The fraction of sp³-hybridized carbons (Fsp3) is 0.333. The number of amides is 1. The predicted molar refractivity (Wildman–Crippen MR) is 104 cm³/mol. The summed E-state index contributed by atoms with van der Waals surface area (Å²) in [6, 6.07) is 13.9. The second kappa shape index (κ2) is 8.63. The van der Waals surface area contributed by atoms with Gasteiger partial charge in [-0.15, -0.1) is 0 Å². The summed E-state index contributed by atoms with van der Waals surface area (Å²) >= 11 is 0. The molecule has 1 fully saturated rings. The molecular weight excluding hydrogens is 326 g/mol. The monoisotopic (exact) mass is 351 g/mol. The van der Waals surface area contributed by atoms with Crippen LogP contribution in [-0.2, 0) is 22.5 Å². The lowest BCUT2D eigenvalue weighted by atomic mass is 10.1. The highest BCUT2D eigenvalue weighted by molar-refractivity contribution is 5.88. The number of nitrogens with two attached hydrogens (primary N) is 1. The maximum Gasteiger partial charge on any atom is 0.227 e. The summed E-state index contributed by atoms with van der Waals surface area (Å²) in [5, 5.41) is 0. The fourth-order valence-electron chi connectivity index (χ4n) is 2.98. The highest BCUT2D eigenvalue weighted by Gasteiger charge is 2.16. The molecule has 1 saturated heterocycles. The molecule has 0 radical (unpaired) electrons. The zero-order valence-electron chi connectivity index (χ0n) is 15.1. The van der Waals surface area contributed by atoms with E-state index >= 15 is 0 Å². The summed E-state index contributed by atoms with van der Waals surface area (Å²) in [6.07, 6.45) is 2.27. The summed E-state index contributed by atoms with van der Waals surface area (Å²) in [4.78, 5) is 18.7. The third-order valence-electron chi connectivity index (χ3n) is 4.59. The fourth-order valence-corrected chi connectivity index (χ4v) is 2.98. The van der Waals surface area contributed by atoms with Crippen molar-refractivity contribution in [2.75, 3.05) is 32.0 Å². The SMILES string of the molecule is Cc1cccc(N)c1C=NCc1ccc(CC(=O)N2CCOCC2)cc1. The van der Waals surface area contributed by atoms with Gasteiger partial charge in [-0.3, -0.25) is 9.79 Å². The van der Waals surface area contributed by atoms with Gasteiger partial charge >= 0.3 is 0 Å². The topological polar surface area (TPSA) is 67.9 Å². The Labute approximate surface area is 154 Å². The minimum atomic E-state index is 0.161. The van der Waals surface area contributed by atoms with Gasteiger partial charge < -0.3 is 15.4 Å². The molecule has 136 valence electrons. The van der Waals surface area contributed by atoms with Crippen LogP contribution in [0, 0.1) is 6.92 Å². The number of anilines is 1. The number of morpholine rings is 1. The normalized spacial score (nSPS) is 14.7. The molecule has 0 aliphatic carbocycles. The van der Waals surface area contributed by atoms with E-state index in [1.54, 1.807) is 0 Å². The quantitative estimate of drug-likeness (QED) is 0.665. The van der Waals surface area contributed by atoms with E-state index < -0.39 is 0 Å². The lowest BCUT2D eigenvalue weighted by Gasteiger charge is -2.26. The van der Waals surface area contributed by atoms with Crippen LogP contribution in [0.2, 0.25) is 0 Å². The molecule has 1 aliphatic heterocycles. The van der Waals surface area contributed by atoms with Gasteiger partial charge in [0.25, 0.3) is 0 Å². The first-order valence-electron chi connectivity index (χ1n) is 8.92. The summed E-state index contributed by atoms with van der Waals surface area (Å²) in [6.45, 7) is 5.26. The number of carbonyl (C=O) groups is 1. The zero-order chi connectivity index (χ0) is 18.4. The number of hydrogen-bond donors (Lipinski definition) is 1. The van der Waals surface area contributed by atoms with Crippen LogP contribution in [-0.4, -0.2) is 43.3 Å².